The van der Waals surface area contributed by atoms with E-state index in [0.29, 0.717) is 39.6 Å². The van der Waals surface area contributed by atoms with Crippen LogP contribution in [0.3, 0.4) is 0 Å². The molecule has 23 heavy (non-hydrogen) atoms. The van der Waals surface area contributed by atoms with E-state index in [9.17, 15) is 4.79 Å². The summed E-state index contributed by atoms with van der Waals surface area (Å²) in [4.78, 5) is 11.2. The lowest BCUT2D eigenvalue weighted by Crippen LogP contribution is -2.33. The van der Waals surface area contributed by atoms with Crippen LogP contribution >= 0.6 is 12.6 Å². The number of amides is 1. The fourth-order valence-electron chi connectivity index (χ4n) is 1.55. The molecule has 0 aromatic rings. The summed E-state index contributed by atoms with van der Waals surface area (Å²) in [5, 5.41) is 8.86. The molecule has 1 amide bonds. The molecule has 3 N–H and O–H groups in total. The molecule has 0 saturated carbocycles. The van der Waals surface area contributed by atoms with E-state index in [1.807, 2.05) is 0 Å². The zero-order chi connectivity index (χ0) is 17.2. The van der Waals surface area contributed by atoms with Gasteiger partial charge in [0.25, 0.3) is 0 Å². The van der Waals surface area contributed by atoms with Gasteiger partial charge in [-0.1, -0.05) is 6.92 Å². The third kappa shape index (κ3) is 17.8. The average Bonchev–Trinajstić information content (AvgIpc) is 2.54. The number of carbonyl (C=O) groups excluding carboxylic acids is 1. The number of likely N-dealkylation sites (N-methyl/N-ethyl adjacent to an activating group) is 1. The van der Waals surface area contributed by atoms with Gasteiger partial charge in [0.2, 0.25) is 5.91 Å². The Bertz CT molecular complexity index is 271. The highest BCUT2D eigenvalue weighted by atomic mass is 32.1. The molecular formula is C15H33N3O4S. The molecule has 0 aromatic carbocycles. The Kier molecular flexibility index (Phi) is 17.7. The smallest absolute Gasteiger partial charge is 0.232 e. The molecule has 0 bridgehead atoms. The molecule has 1 unspecified atom stereocenters. The molecule has 0 spiro atoms. The second kappa shape index (κ2) is 18.0. The van der Waals surface area contributed by atoms with E-state index in [-0.39, 0.29) is 11.2 Å². The molecule has 0 aliphatic carbocycles. The first kappa shape index (κ1) is 22.6. The molecule has 7 nitrogen and oxygen atoms in total. The van der Waals surface area contributed by atoms with Gasteiger partial charge >= 0.3 is 0 Å². The minimum Gasteiger partial charge on any atom is -0.378 e. The lowest BCUT2D eigenvalue weighted by Gasteiger charge is -2.09. The van der Waals surface area contributed by atoms with Crippen LogP contribution < -0.4 is 16.0 Å². The van der Waals surface area contributed by atoms with Crippen LogP contribution in [0.2, 0.25) is 0 Å². The Morgan fingerprint density at radius 3 is 1.87 bits per heavy atom. The lowest BCUT2D eigenvalue weighted by atomic mass is 10.4. The van der Waals surface area contributed by atoms with Crippen LogP contribution in [-0.4, -0.2) is 83.5 Å². The van der Waals surface area contributed by atoms with Gasteiger partial charge in [0.15, 0.2) is 0 Å². The largest absolute Gasteiger partial charge is 0.378 e. The Morgan fingerprint density at radius 1 is 0.870 bits per heavy atom. The van der Waals surface area contributed by atoms with Gasteiger partial charge < -0.3 is 30.2 Å². The van der Waals surface area contributed by atoms with Crippen LogP contribution in [0.1, 0.15) is 13.8 Å². The van der Waals surface area contributed by atoms with E-state index in [1.165, 1.54) is 0 Å². The monoisotopic (exact) mass is 351 g/mol. The Labute approximate surface area is 145 Å². The molecule has 0 radical (unpaired) electrons. The number of rotatable bonds is 17. The number of hydrogen-bond acceptors (Lipinski definition) is 7. The summed E-state index contributed by atoms with van der Waals surface area (Å²) in [6, 6.07) is 0. The van der Waals surface area contributed by atoms with E-state index in [1.54, 1.807) is 6.92 Å². The predicted octanol–water partition coefficient (Wildman–Crippen LogP) is -0.330. The maximum Gasteiger partial charge on any atom is 0.232 e. The zero-order valence-corrected chi connectivity index (χ0v) is 15.3. The highest BCUT2D eigenvalue weighted by Gasteiger charge is 2.05. The molecule has 0 saturated heterocycles. The van der Waals surface area contributed by atoms with Crippen molar-refractivity contribution >= 4 is 18.5 Å². The van der Waals surface area contributed by atoms with Crippen molar-refractivity contribution in [2.75, 3.05) is 72.4 Å². The van der Waals surface area contributed by atoms with Crippen LogP contribution in [0.25, 0.3) is 0 Å². The minimum atomic E-state index is -0.282. The van der Waals surface area contributed by atoms with Crippen LogP contribution in [-0.2, 0) is 19.0 Å². The van der Waals surface area contributed by atoms with E-state index in [4.69, 9.17) is 14.2 Å². The Hall–Kier alpha value is -0.380. The number of ether oxygens (including phenoxy) is 3. The van der Waals surface area contributed by atoms with Crippen molar-refractivity contribution < 1.29 is 19.0 Å². The van der Waals surface area contributed by atoms with Crippen molar-refractivity contribution in [3.63, 3.8) is 0 Å². The van der Waals surface area contributed by atoms with Crippen LogP contribution in [0.5, 0.6) is 0 Å². The van der Waals surface area contributed by atoms with Gasteiger partial charge in [-0.3, -0.25) is 4.79 Å². The van der Waals surface area contributed by atoms with Gasteiger partial charge in [-0.05, 0) is 13.5 Å². The second-order valence-electron chi connectivity index (χ2n) is 4.91. The van der Waals surface area contributed by atoms with Crippen molar-refractivity contribution in [1.29, 1.82) is 0 Å². The summed E-state index contributed by atoms with van der Waals surface area (Å²) in [6.07, 6.45) is 0. The standard InChI is InChI=1S/C15H33N3O4S/c1-3-16-4-8-21-12-13-22-10-6-17-5-9-20-11-7-18-15(19)14(2)23/h14,16-17,23H,3-13H2,1-2H3,(H,18,19). The number of carbonyl (C=O) groups is 1. The third-order valence-electron chi connectivity index (χ3n) is 2.82. The van der Waals surface area contributed by atoms with E-state index in [2.05, 4.69) is 35.5 Å². The normalized spacial score (nSPS) is 12.3. The van der Waals surface area contributed by atoms with Crippen LogP contribution in [0.4, 0.5) is 0 Å². The minimum absolute atomic E-state index is 0.0715. The topological polar surface area (TPSA) is 80.8 Å². The molecule has 138 valence electrons. The quantitative estimate of drug-likeness (QED) is 0.212. The van der Waals surface area contributed by atoms with Gasteiger partial charge in [0.1, 0.15) is 0 Å². The molecule has 0 aliphatic heterocycles. The highest BCUT2D eigenvalue weighted by molar-refractivity contribution is 7.81. The SMILES string of the molecule is CCNCCOCCOCCNCCOCCNC(=O)C(C)S. The maximum atomic E-state index is 11.2. The van der Waals surface area contributed by atoms with Crippen LogP contribution in [0, 0.1) is 0 Å². The van der Waals surface area contributed by atoms with Crippen molar-refractivity contribution in [3.8, 4) is 0 Å². The van der Waals surface area contributed by atoms with Gasteiger partial charge in [0, 0.05) is 26.2 Å². The molecule has 1 atom stereocenters. The number of hydrogen-bond donors (Lipinski definition) is 4. The second-order valence-corrected chi connectivity index (χ2v) is 5.68. The first-order valence-corrected chi connectivity index (χ1v) is 8.80. The van der Waals surface area contributed by atoms with Crippen molar-refractivity contribution in [3.05, 3.63) is 0 Å². The summed E-state index contributed by atoms with van der Waals surface area (Å²) in [6.45, 7) is 11.5. The summed E-state index contributed by atoms with van der Waals surface area (Å²) in [5.74, 6) is -0.0715. The van der Waals surface area contributed by atoms with Crippen molar-refractivity contribution in [2.45, 2.75) is 19.1 Å². The molecule has 0 heterocycles. The first-order valence-electron chi connectivity index (χ1n) is 8.29. The average molecular weight is 352 g/mol. The van der Waals surface area contributed by atoms with Crippen LogP contribution in [0.15, 0.2) is 0 Å². The van der Waals surface area contributed by atoms with E-state index >= 15 is 0 Å². The number of nitrogens with one attached hydrogen (secondary N) is 3. The summed E-state index contributed by atoms with van der Waals surface area (Å²) in [5.41, 5.74) is 0. The van der Waals surface area contributed by atoms with E-state index < -0.39 is 0 Å². The van der Waals surface area contributed by atoms with Crippen molar-refractivity contribution in [1.82, 2.24) is 16.0 Å². The van der Waals surface area contributed by atoms with Gasteiger partial charge in [-0.15, -0.1) is 0 Å². The molecule has 0 rings (SSSR count). The lowest BCUT2D eigenvalue weighted by molar-refractivity contribution is -0.120. The zero-order valence-electron chi connectivity index (χ0n) is 14.4. The van der Waals surface area contributed by atoms with Gasteiger partial charge in [-0.25, -0.2) is 0 Å². The number of thiol groups is 1. The van der Waals surface area contributed by atoms with Gasteiger partial charge in [0.05, 0.1) is 44.9 Å². The fraction of sp³-hybridized carbons (Fsp3) is 0.933. The molecule has 0 aliphatic rings. The third-order valence-corrected chi connectivity index (χ3v) is 3.05. The van der Waals surface area contributed by atoms with Crippen molar-refractivity contribution in [2.24, 2.45) is 0 Å². The summed E-state index contributed by atoms with van der Waals surface area (Å²) < 4.78 is 16.2. The summed E-state index contributed by atoms with van der Waals surface area (Å²) >= 11 is 4.04. The summed E-state index contributed by atoms with van der Waals surface area (Å²) in [7, 11) is 0. The maximum absolute atomic E-state index is 11.2. The molecule has 0 fully saturated rings. The highest BCUT2D eigenvalue weighted by Crippen LogP contribution is 1.90. The first-order chi connectivity index (χ1) is 11.2. The predicted molar refractivity (Wildman–Crippen MR) is 95.3 cm³/mol. The molecular weight excluding hydrogens is 318 g/mol. The Morgan fingerprint density at radius 2 is 1.35 bits per heavy atom. The van der Waals surface area contributed by atoms with E-state index in [0.717, 1.165) is 32.8 Å². The molecule has 8 heteroatoms. The fourth-order valence-corrected chi connectivity index (χ4v) is 1.64. The Balaban J connectivity index is 3.04. The molecule has 0 aromatic heterocycles. The van der Waals surface area contributed by atoms with Gasteiger partial charge in [-0.2, -0.15) is 12.6 Å².